The summed E-state index contributed by atoms with van der Waals surface area (Å²) in [6.45, 7) is 5.19. The van der Waals surface area contributed by atoms with E-state index in [1.807, 2.05) is 42.2 Å². The van der Waals surface area contributed by atoms with Crippen LogP contribution < -0.4 is 9.62 Å². The van der Waals surface area contributed by atoms with Crippen LogP contribution in [0, 0.1) is 0 Å². The van der Waals surface area contributed by atoms with E-state index in [0.29, 0.717) is 18.9 Å². The summed E-state index contributed by atoms with van der Waals surface area (Å²) < 4.78 is 59.8. The number of sulfonamides is 1. The predicted octanol–water partition coefficient (Wildman–Crippen LogP) is 5.58. The average Bonchev–Trinajstić information content (AvgIpc) is 2.91. The van der Waals surface area contributed by atoms with Crippen molar-refractivity contribution in [3.05, 3.63) is 83.6 Å². The maximum Gasteiger partial charge on any atom is 0.490 e. The van der Waals surface area contributed by atoms with Crippen molar-refractivity contribution in [2.75, 3.05) is 16.2 Å². The zero-order chi connectivity index (χ0) is 29.9. The molecule has 0 aliphatic carbocycles. The zero-order valence-corrected chi connectivity index (χ0v) is 22.7. The van der Waals surface area contributed by atoms with Crippen LogP contribution in [-0.4, -0.2) is 48.3 Å². The first-order valence-corrected chi connectivity index (χ1v) is 13.7. The van der Waals surface area contributed by atoms with E-state index < -0.39 is 28.1 Å². The molecule has 0 unspecified atom stereocenters. The molecule has 1 heterocycles. The van der Waals surface area contributed by atoms with Gasteiger partial charge in [-0.05, 0) is 42.2 Å². The second-order valence-corrected chi connectivity index (χ2v) is 10.2. The van der Waals surface area contributed by atoms with Crippen LogP contribution in [-0.2, 0) is 27.8 Å². The van der Waals surface area contributed by atoms with Gasteiger partial charge in [0.1, 0.15) is 11.4 Å². The number of benzene rings is 2. The molecule has 13 heteroatoms. The summed E-state index contributed by atoms with van der Waals surface area (Å²) in [6, 6.07) is 17.7. The van der Waals surface area contributed by atoms with Crippen LogP contribution in [0.5, 0.6) is 0 Å². The molecule has 0 fully saturated rings. The van der Waals surface area contributed by atoms with Crippen molar-refractivity contribution in [2.45, 2.75) is 50.7 Å². The van der Waals surface area contributed by atoms with Gasteiger partial charge in [0, 0.05) is 13.1 Å². The van der Waals surface area contributed by atoms with Gasteiger partial charge in [-0.1, -0.05) is 62.7 Å². The minimum atomic E-state index is -5.08. The fourth-order valence-corrected chi connectivity index (χ4v) is 4.49. The third-order valence-electron chi connectivity index (χ3n) is 5.53. The molecule has 216 valence electrons. The molecule has 3 rings (SSSR count). The Kier molecular flexibility index (Phi) is 11.5. The molecule has 40 heavy (non-hydrogen) atoms. The molecule has 0 bridgehead atoms. The van der Waals surface area contributed by atoms with Gasteiger partial charge in [-0.3, -0.25) is 4.72 Å². The van der Waals surface area contributed by atoms with Crippen molar-refractivity contribution in [3.63, 3.8) is 0 Å². The topological polar surface area (TPSA) is 137 Å². The summed E-state index contributed by atoms with van der Waals surface area (Å²) in [6.07, 6.45) is -1.10. The van der Waals surface area contributed by atoms with Gasteiger partial charge >= 0.3 is 18.1 Å². The minimum absolute atomic E-state index is 0.0523. The van der Waals surface area contributed by atoms with E-state index in [0.717, 1.165) is 30.4 Å². The molecular formula is C27H30F3N3O6S. The fraction of sp³-hybridized carbons (Fsp3) is 0.296. The van der Waals surface area contributed by atoms with Crippen LogP contribution >= 0.6 is 0 Å². The van der Waals surface area contributed by atoms with E-state index >= 15 is 0 Å². The lowest BCUT2D eigenvalue weighted by Crippen LogP contribution is -2.27. The van der Waals surface area contributed by atoms with Gasteiger partial charge in [0.25, 0.3) is 10.0 Å². The van der Waals surface area contributed by atoms with E-state index in [1.165, 1.54) is 24.4 Å². The molecule has 3 aromatic rings. The van der Waals surface area contributed by atoms with Crippen LogP contribution in [0.15, 0.2) is 71.8 Å². The maximum atomic E-state index is 12.8. The van der Waals surface area contributed by atoms with Crippen LogP contribution in [0.3, 0.4) is 0 Å². The van der Waals surface area contributed by atoms with Crippen molar-refractivity contribution in [3.8, 4) is 0 Å². The molecule has 0 atom stereocenters. The summed E-state index contributed by atoms with van der Waals surface area (Å²) in [7, 11) is -3.87. The summed E-state index contributed by atoms with van der Waals surface area (Å²) in [5.74, 6) is -3.61. The number of carbonyl (C=O) groups is 2. The fourth-order valence-electron chi connectivity index (χ4n) is 3.45. The van der Waals surface area contributed by atoms with Crippen molar-refractivity contribution in [1.29, 1.82) is 0 Å². The molecule has 0 radical (unpaired) electrons. The predicted molar refractivity (Wildman–Crippen MR) is 144 cm³/mol. The summed E-state index contributed by atoms with van der Waals surface area (Å²) in [5, 5.41) is 17.0. The Bertz CT molecular complexity index is 1380. The van der Waals surface area contributed by atoms with Crippen molar-refractivity contribution >= 4 is 33.5 Å². The summed E-state index contributed by atoms with van der Waals surface area (Å²) >= 11 is 0. The van der Waals surface area contributed by atoms with Crippen molar-refractivity contribution in [2.24, 2.45) is 0 Å². The highest BCUT2D eigenvalue weighted by molar-refractivity contribution is 7.92. The summed E-state index contributed by atoms with van der Waals surface area (Å²) in [4.78, 5) is 27.4. The Morgan fingerprint density at radius 1 is 0.975 bits per heavy atom. The van der Waals surface area contributed by atoms with Gasteiger partial charge < -0.3 is 15.1 Å². The Balaban J connectivity index is 0.000000708. The van der Waals surface area contributed by atoms with Crippen molar-refractivity contribution < 1.29 is 41.4 Å². The van der Waals surface area contributed by atoms with Gasteiger partial charge in [-0.15, -0.1) is 0 Å². The smallest absolute Gasteiger partial charge is 0.478 e. The molecule has 0 saturated carbocycles. The number of carboxylic acid groups (broad SMARTS) is 2. The number of aliphatic carboxylic acids is 1. The molecule has 9 nitrogen and oxygen atoms in total. The first kappa shape index (κ1) is 32.1. The highest BCUT2D eigenvalue weighted by Crippen LogP contribution is 2.25. The molecule has 0 amide bonds. The van der Waals surface area contributed by atoms with E-state index in [2.05, 4.69) is 16.6 Å². The normalized spacial score (nSPS) is 11.2. The lowest BCUT2D eigenvalue weighted by atomic mass is 10.1. The molecule has 0 aliphatic rings. The molecule has 0 saturated heterocycles. The number of aryl methyl sites for hydroxylation is 1. The number of anilines is 2. The Labute approximate surface area is 230 Å². The highest BCUT2D eigenvalue weighted by Gasteiger charge is 2.38. The van der Waals surface area contributed by atoms with Crippen LogP contribution in [0.25, 0.3) is 0 Å². The third kappa shape index (κ3) is 9.56. The van der Waals surface area contributed by atoms with E-state index in [1.54, 1.807) is 12.1 Å². The number of halogens is 3. The number of hydrogen-bond acceptors (Lipinski definition) is 6. The van der Waals surface area contributed by atoms with E-state index in [-0.39, 0.29) is 16.1 Å². The average molecular weight is 582 g/mol. The number of aromatic carboxylic acids is 1. The van der Waals surface area contributed by atoms with Gasteiger partial charge in [0.15, 0.2) is 0 Å². The largest absolute Gasteiger partial charge is 0.490 e. The number of alkyl halides is 3. The van der Waals surface area contributed by atoms with Gasteiger partial charge in [0.2, 0.25) is 0 Å². The second kappa shape index (κ2) is 14.3. The number of carboxylic acids is 2. The number of aromatic nitrogens is 1. The Morgan fingerprint density at radius 2 is 1.57 bits per heavy atom. The molecular weight excluding hydrogens is 551 g/mol. The SMILES string of the molecule is CCCCN(Cc1ccccc1)c1ncc(NS(=O)(=O)c2ccc(CC)cc2)cc1C(=O)O.O=C(O)C(F)(F)F. The van der Waals surface area contributed by atoms with Crippen LogP contribution in [0.4, 0.5) is 24.7 Å². The first-order chi connectivity index (χ1) is 18.8. The van der Waals surface area contributed by atoms with Gasteiger partial charge in [0.05, 0.1) is 16.8 Å². The van der Waals surface area contributed by atoms with Gasteiger partial charge in [-0.2, -0.15) is 13.2 Å². The third-order valence-corrected chi connectivity index (χ3v) is 6.93. The molecule has 1 aromatic heterocycles. The van der Waals surface area contributed by atoms with Crippen LogP contribution in [0.2, 0.25) is 0 Å². The Morgan fingerprint density at radius 3 is 2.08 bits per heavy atom. The number of hydrogen-bond donors (Lipinski definition) is 3. The molecule has 0 aliphatic heterocycles. The van der Waals surface area contributed by atoms with Crippen molar-refractivity contribution in [1.82, 2.24) is 4.98 Å². The number of rotatable bonds is 11. The Hall–Kier alpha value is -4.13. The first-order valence-electron chi connectivity index (χ1n) is 12.2. The number of pyridine rings is 1. The lowest BCUT2D eigenvalue weighted by molar-refractivity contribution is -0.192. The second-order valence-electron chi connectivity index (χ2n) is 8.57. The number of nitrogens with zero attached hydrogens (tertiary/aromatic N) is 2. The zero-order valence-electron chi connectivity index (χ0n) is 21.9. The maximum absolute atomic E-state index is 12.8. The summed E-state index contributed by atoms with van der Waals surface area (Å²) in [5.41, 5.74) is 2.11. The van der Waals surface area contributed by atoms with E-state index in [4.69, 9.17) is 9.90 Å². The molecule has 0 spiro atoms. The van der Waals surface area contributed by atoms with Crippen LogP contribution in [0.1, 0.15) is 48.2 Å². The standard InChI is InChI=1S/C25H29N3O4S.C2HF3O2/c1-3-5-15-28(18-20-9-7-6-8-10-20)24-23(25(29)30)16-21(17-26-24)27-33(31,32)22-13-11-19(4-2)12-14-22;3-2(4,5)1(6)7/h6-14,16-17,27H,3-5,15,18H2,1-2H3,(H,29,30);(H,6,7). The monoisotopic (exact) mass is 581 g/mol. The lowest BCUT2D eigenvalue weighted by Gasteiger charge is -2.25. The minimum Gasteiger partial charge on any atom is -0.478 e. The number of nitrogens with one attached hydrogen (secondary N) is 1. The number of unbranched alkanes of at least 4 members (excludes halogenated alkanes) is 1. The quantitative estimate of drug-likeness (QED) is 0.267. The highest BCUT2D eigenvalue weighted by atomic mass is 32.2. The van der Waals surface area contributed by atoms with Gasteiger partial charge in [-0.25, -0.2) is 23.0 Å². The molecule has 3 N–H and O–H groups in total. The van der Waals surface area contributed by atoms with E-state index in [9.17, 15) is 31.5 Å². The molecule has 2 aromatic carbocycles.